The number of hydrogen-bond acceptors (Lipinski definition) is 5. The number of imide groups is 1. The summed E-state index contributed by atoms with van der Waals surface area (Å²) in [7, 11) is 1.91. The highest BCUT2D eigenvalue weighted by Gasteiger charge is 2.50. The first-order valence-electron chi connectivity index (χ1n) is 14.3. The monoisotopic (exact) mass is 511 g/mol. The molecule has 7 heteroatoms. The van der Waals surface area contributed by atoms with E-state index < -0.39 is 5.92 Å². The second kappa shape index (κ2) is 9.23. The van der Waals surface area contributed by atoms with Gasteiger partial charge in [-0.25, -0.2) is 0 Å². The molecule has 1 unspecified atom stereocenters. The Kier molecular flexibility index (Phi) is 5.80. The number of amides is 2. The molecule has 0 spiro atoms. The first kappa shape index (κ1) is 23.9. The molecule has 2 amide bonds. The van der Waals surface area contributed by atoms with Crippen LogP contribution in [0.4, 0.5) is 5.69 Å². The van der Waals surface area contributed by atoms with Crippen LogP contribution in [-0.4, -0.2) is 27.1 Å². The summed E-state index contributed by atoms with van der Waals surface area (Å²) in [4.78, 5) is 24.1. The van der Waals surface area contributed by atoms with E-state index in [4.69, 9.17) is 5.10 Å². The smallest absolute Gasteiger partial charge is 0.235 e. The number of anilines is 1. The minimum absolute atomic E-state index is 0.205. The third kappa shape index (κ3) is 4.31. The quantitative estimate of drug-likeness (QED) is 0.398. The molecule has 198 valence electrons. The number of para-hydroxylation sites is 1. The highest BCUT2D eigenvalue weighted by Crippen LogP contribution is 2.55. The predicted octanol–water partition coefficient (Wildman–Crippen LogP) is 4.76. The second-order valence-electron chi connectivity index (χ2n) is 12.4. The van der Waals surface area contributed by atoms with Gasteiger partial charge in [-0.3, -0.25) is 19.6 Å². The number of aromatic nitrogens is 2. The number of benzene rings is 2. The van der Waals surface area contributed by atoms with Crippen LogP contribution < -0.4 is 16.0 Å². The molecule has 0 radical (unpaired) electrons. The Bertz CT molecular complexity index is 1360. The fourth-order valence-electron chi connectivity index (χ4n) is 8.31. The third-order valence-electron chi connectivity index (χ3n) is 9.67. The van der Waals surface area contributed by atoms with Gasteiger partial charge in [0, 0.05) is 37.5 Å². The van der Waals surface area contributed by atoms with Crippen LogP contribution in [0.25, 0.3) is 10.9 Å². The molecule has 4 bridgehead atoms. The maximum Gasteiger partial charge on any atom is 0.235 e. The molecule has 1 atom stereocenters. The molecule has 1 saturated heterocycles. The van der Waals surface area contributed by atoms with E-state index in [0.29, 0.717) is 24.9 Å². The molecule has 3 N–H and O–H groups in total. The average Bonchev–Trinajstić information content (AvgIpc) is 3.23. The topological polar surface area (TPSA) is 88.0 Å². The molecule has 3 aromatic rings. The number of rotatable bonds is 7. The summed E-state index contributed by atoms with van der Waals surface area (Å²) < 4.78 is 1.84. The van der Waals surface area contributed by atoms with E-state index in [1.54, 1.807) is 0 Å². The first-order chi connectivity index (χ1) is 18.4. The standard InChI is InChI=1S/C31H37N5O2/c1-36-29-24(28(35-36)25-9-10-27(37)34-30(25)38)3-2-4-26(29)32-17-19-5-7-20(8-6-19)18-33-31-14-21-11-22(15-31)13-23(12-21)16-31/h2-8,21-23,25,32-33H,9-18H2,1H3,(H,34,37,38). The Balaban J connectivity index is 1.01. The molecular weight excluding hydrogens is 474 g/mol. The van der Waals surface area contributed by atoms with E-state index >= 15 is 0 Å². The number of aryl methyl sites for hydroxylation is 1. The van der Waals surface area contributed by atoms with Gasteiger partial charge in [0.15, 0.2) is 0 Å². The zero-order valence-corrected chi connectivity index (χ0v) is 22.1. The number of fused-ring (bicyclic) bond motifs is 1. The van der Waals surface area contributed by atoms with Gasteiger partial charge in [0.05, 0.1) is 22.8 Å². The molecule has 38 heavy (non-hydrogen) atoms. The van der Waals surface area contributed by atoms with Gasteiger partial charge in [-0.2, -0.15) is 5.10 Å². The van der Waals surface area contributed by atoms with Crippen molar-refractivity contribution in [1.82, 2.24) is 20.4 Å². The fourth-order valence-corrected chi connectivity index (χ4v) is 8.31. The fraction of sp³-hybridized carbons (Fsp3) is 0.516. The Hall–Kier alpha value is -3.19. The van der Waals surface area contributed by atoms with E-state index in [-0.39, 0.29) is 11.8 Å². The Morgan fingerprint density at radius 1 is 0.947 bits per heavy atom. The molecule has 5 fully saturated rings. The zero-order valence-electron chi connectivity index (χ0n) is 22.1. The van der Waals surface area contributed by atoms with Crippen LogP contribution in [0.15, 0.2) is 42.5 Å². The number of nitrogens with one attached hydrogen (secondary N) is 3. The van der Waals surface area contributed by atoms with E-state index in [2.05, 4.69) is 46.3 Å². The molecular formula is C31H37N5O2. The van der Waals surface area contributed by atoms with Gasteiger partial charge in [-0.15, -0.1) is 0 Å². The minimum Gasteiger partial charge on any atom is -0.379 e. The number of nitrogens with zero attached hydrogens (tertiary/aromatic N) is 2. The van der Waals surface area contributed by atoms with Crippen molar-refractivity contribution in [2.45, 2.75) is 75.9 Å². The predicted molar refractivity (Wildman–Crippen MR) is 147 cm³/mol. The van der Waals surface area contributed by atoms with Crippen molar-refractivity contribution in [2.75, 3.05) is 5.32 Å². The summed E-state index contributed by atoms with van der Waals surface area (Å²) >= 11 is 0. The van der Waals surface area contributed by atoms with E-state index in [1.165, 1.54) is 49.7 Å². The number of piperidine rings is 1. The van der Waals surface area contributed by atoms with Crippen LogP contribution in [-0.2, 0) is 29.7 Å². The Labute approximate surface area is 223 Å². The van der Waals surface area contributed by atoms with Gasteiger partial charge in [-0.05, 0) is 79.9 Å². The second-order valence-corrected chi connectivity index (χ2v) is 12.4. The van der Waals surface area contributed by atoms with Gasteiger partial charge < -0.3 is 10.6 Å². The maximum atomic E-state index is 12.5. The van der Waals surface area contributed by atoms with Gasteiger partial charge in [-0.1, -0.05) is 36.4 Å². The number of hydrogen-bond donors (Lipinski definition) is 3. The van der Waals surface area contributed by atoms with Crippen molar-refractivity contribution in [3.63, 3.8) is 0 Å². The molecule has 7 nitrogen and oxygen atoms in total. The van der Waals surface area contributed by atoms with Gasteiger partial charge in [0.1, 0.15) is 0 Å². The largest absolute Gasteiger partial charge is 0.379 e. The van der Waals surface area contributed by atoms with Crippen LogP contribution in [0.1, 0.15) is 74.1 Å². The summed E-state index contributed by atoms with van der Waals surface area (Å²) in [5, 5.41) is 15.7. The molecule has 5 aliphatic rings. The highest BCUT2D eigenvalue weighted by atomic mass is 16.2. The van der Waals surface area contributed by atoms with E-state index in [9.17, 15) is 9.59 Å². The van der Waals surface area contributed by atoms with Crippen LogP contribution >= 0.6 is 0 Å². The summed E-state index contributed by atoms with van der Waals surface area (Å²) in [6.45, 7) is 1.66. The molecule has 2 heterocycles. The summed E-state index contributed by atoms with van der Waals surface area (Å²) in [6, 6.07) is 15.0. The van der Waals surface area contributed by atoms with Crippen molar-refractivity contribution < 1.29 is 9.59 Å². The zero-order chi connectivity index (χ0) is 25.9. The minimum atomic E-state index is -0.397. The van der Waals surface area contributed by atoms with Crippen LogP contribution in [0.2, 0.25) is 0 Å². The van der Waals surface area contributed by atoms with E-state index in [0.717, 1.165) is 46.6 Å². The lowest BCUT2D eigenvalue weighted by Gasteiger charge is -2.57. The molecule has 1 aliphatic heterocycles. The summed E-state index contributed by atoms with van der Waals surface area (Å²) in [5.41, 5.74) is 5.68. The lowest BCUT2D eigenvalue weighted by Crippen LogP contribution is -2.58. The lowest BCUT2D eigenvalue weighted by molar-refractivity contribution is -0.134. The normalized spacial score (nSPS) is 30.1. The summed E-state index contributed by atoms with van der Waals surface area (Å²) in [6.07, 6.45) is 9.43. The molecule has 2 aromatic carbocycles. The average molecular weight is 512 g/mol. The SMILES string of the molecule is Cn1nc(C2CCC(=O)NC2=O)c2cccc(NCc3ccc(CNC45CC6CC(CC(C6)C4)C5)cc3)c21. The van der Waals surface area contributed by atoms with Gasteiger partial charge in [0.2, 0.25) is 11.8 Å². The van der Waals surface area contributed by atoms with Crippen molar-refractivity contribution >= 4 is 28.4 Å². The summed E-state index contributed by atoms with van der Waals surface area (Å²) in [5.74, 6) is 2.04. The van der Waals surface area contributed by atoms with Crippen LogP contribution in [0, 0.1) is 17.8 Å². The highest BCUT2D eigenvalue weighted by molar-refractivity contribution is 6.03. The molecule has 1 aromatic heterocycles. The van der Waals surface area contributed by atoms with E-state index in [1.807, 2.05) is 23.9 Å². The number of carbonyl (C=O) groups excluding carboxylic acids is 2. The first-order valence-corrected chi connectivity index (χ1v) is 14.3. The van der Waals surface area contributed by atoms with Crippen molar-refractivity contribution in [2.24, 2.45) is 24.8 Å². The Morgan fingerprint density at radius 3 is 2.26 bits per heavy atom. The van der Waals surface area contributed by atoms with Crippen LogP contribution in [0.3, 0.4) is 0 Å². The third-order valence-corrected chi connectivity index (χ3v) is 9.67. The van der Waals surface area contributed by atoms with Crippen molar-refractivity contribution in [3.8, 4) is 0 Å². The molecule has 4 aliphatic carbocycles. The maximum absolute atomic E-state index is 12.5. The van der Waals surface area contributed by atoms with Crippen molar-refractivity contribution in [1.29, 1.82) is 0 Å². The Morgan fingerprint density at radius 2 is 1.61 bits per heavy atom. The van der Waals surface area contributed by atoms with Gasteiger partial charge in [0.25, 0.3) is 0 Å². The van der Waals surface area contributed by atoms with Gasteiger partial charge >= 0.3 is 0 Å². The van der Waals surface area contributed by atoms with Crippen molar-refractivity contribution in [3.05, 3.63) is 59.3 Å². The van der Waals surface area contributed by atoms with Crippen LogP contribution in [0.5, 0.6) is 0 Å². The lowest BCUT2D eigenvalue weighted by atomic mass is 9.53. The molecule has 4 saturated carbocycles. The number of carbonyl (C=O) groups is 2. The molecule has 8 rings (SSSR count).